The number of anilines is 1. The Bertz CT molecular complexity index is 745. The molecule has 0 unspecified atom stereocenters. The summed E-state index contributed by atoms with van der Waals surface area (Å²) in [6.45, 7) is 2.08. The lowest BCUT2D eigenvalue weighted by Crippen LogP contribution is -2.26. The molecule has 1 N–H and O–H groups in total. The van der Waals surface area contributed by atoms with Crippen LogP contribution in [-0.2, 0) is 16.3 Å². The molecule has 0 saturated heterocycles. The van der Waals surface area contributed by atoms with Crippen molar-refractivity contribution >= 4 is 23.5 Å². The molecule has 126 valence electrons. The molecule has 1 aliphatic heterocycles. The minimum absolute atomic E-state index is 0.157. The van der Waals surface area contributed by atoms with E-state index in [-0.39, 0.29) is 11.8 Å². The molecule has 2 aliphatic rings. The van der Waals surface area contributed by atoms with Gasteiger partial charge in [0.05, 0.1) is 11.4 Å². The number of carbonyl (C=O) groups excluding carboxylic acids is 1. The van der Waals surface area contributed by atoms with E-state index < -0.39 is 0 Å². The molecule has 0 bridgehead atoms. The van der Waals surface area contributed by atoms with Crippen molar-refractivity contribution in [2.24, 2.45) is 5.92 Å². The smallest absolute Gasteiger partial charge is 0.228 e. The number of nitrogens with one attached hydrogen (secondary N) is 1. The number of rotatable bonds is 3. The second kappa shape index (κ2) is 6.63. The van der Waals surface area contributed by atoms with Crippen LogP contribution in [0.2, 0.25) is 0 Å². The zero-order valence-corrected chi connectivity index (χ0v) is 14.9. The van der Waals surface area contributed by atoms with E-state index in [2.05, 4.69) is 36.5 Å². The highest BCUT2D eigenvalue weighted by Crippen LogP contribution is 2.36. The van der Waals surface area contributed by atoms with Crippen LogP contribution in [0.3, 0.4) is 0 Å². The van der Waals surface area contributed by atoms with Gasteiger partial charge in [-0.2, -0.15) is 16.9 Å². The number of nitrogens with zero attached hydrogens (tertiary/aromatic N) is 2. The van der Waals surface area contributed by atoms with Crippen LogP contribution in [0.15, 0.2) is 24.3 Å². The molecule has 1 aromatic heterocycles. The second-order valence-corrected chi connectivity index (χ2v) is 7.82. The summed E-state index contributed by atoms with van der Waals surface area (Å²) in [6.07, 6.45) is 5.63. The van der Waals surface area contributed by atoms with Crippen molar-refractivity contribution in [3.8, 4) is 5.69 Å². The van der Waals surface area contributed by atoms with Crippen molar-refractivity contribution in [3.05, 3.63) is 41.1 Å². The zero-order chi connectivity index (χ0) is 16.5. The molecule has 24 heavy (non-hydrogen) atoms. The molecule has 2 heterocycles. The lowest BCUT2D eigenvalue weighted by Gasteiger charge is -2.21. The first-order chi connectivity index (χ1) is 11.7. The molecule has 1 aliphatic carbocycles. The summed E-state index contributed by atoms with van der Waals surface area (Å²) < 4.78 is 1.92. The fourth-order valence-corrected chi connectivity index (χ4v) is 4.63. The zero-order valence-electron chi connectivity index (χ0n) is 14.0. The van der Waals surface area contributed by atoms with Crippen LogP contribution in [-0.4, -0.2) is 15.7 Å². The molecule has 1 saturated carbocycles. The van der Waals surface area contributed by atoms with Crippen molar-refractivity contribution in [1.29, 1.82) is 0 Å². The van der Waals surface area contributed by atoms with E-state index in [0.29, 0.717) is 0 Å². The standard InChI is InChI=1S/C19H23N3OS/c1-13-7-9-15(10-8-13)22-18(16-11-24-12-17(16)21-22)20-19(23)14-5-3-2-4-6-14/h7-10,14H,2-6,11-12H2,1H3,(H,20,23). The summed E-state index contributed by atoms with van der Waals surface area (Å²) in [5, 5.41) is 7.99. The predicted molar refractivity (Wildman–Crippen MR) is 98.5 cm³/mol. The Balaban J connectivity index is 1.65. The molecule has 1 aromatic carbocycles. The Morgan fingerprint density at radius 1 is 1.17 bits per heavy atom. The third kappa shape index (κ3) is 2.97. The van der Waals surface area contributed by atoms with Crippen molar-refractivity contribution in [2.75, 3.05) is 5.32 Å². The summed E-state index contributed by atoms with van der Waals surface area (Å²) in [6, 6.07) is 8.31. The Morgan fingerprint density at radius 3 is 2.67 bits per heavy atom. The third-order valence-corrected chi connectivity index (χ3v) is 6.02. The Labute approximate surface area is 147 Å². The van der Waals surface area contributed by atoms with Crippen LogP contribution in [0.1, 0.15) is 48.9 Å². The maximum absolute atomic E-state index is 12.7. The van der Waals surface area contributed by atoms with Gasteiger partial charge < -0.3 is 5.32 Å². The Kier molecular flexibility index (Phi) is 4.35. The summed E-state index contributed by atoms with van der Waals surface area (Å²) in [4.78, 5) is 12.7. The van der Waals surface area contributed by atoms with E-state index in [1.165, 1.54) is 30.4 Å². The number of benzene rings is 1. The van der Waals surface area contributed by atoms with Crippen LogP contribution in [0, 0.1) is 12.8 Å². The van der Waals surface area contributed by atoms with Crippen molar-refractivity contribution in [1.82, 2.24) is 9.78 Å². The minimum Gasteiger partial charge on any atom is -0.310 e. The highest BCUT2D eigenvalue weighted by atomic mass is 32.2. The van der Waals surface area contributed by atoms with Crippen molar-refractivity contribution < 1.29 is 4.79 Å². The molecule has 0 radical (unpaired) electrons. The van der Waals surface area contributed by atoms with Gasteiger partial charge in [-0.3, -0.25) is 4.79 Å². The van der Waals surface area contributed by atoms with Crippen molar-refractivity contribution in [3.63, 3.8) is 0 Å². The van der Waals surface area contributed by atoms with Gasteiger partial charge in [0.1, 0.15) is 5.82 Å². The topological polar surface area (TPSA) is 46.9 Å². The van der Waals surface area contributed by atoms with Crippen LogP contribution in [0.5, 0.6) is 0 Å². The molecule has 0 spiro atoms. The number of aryl methyl sites for hydroxylation is 1. The van der Waals surface area contributed by atoms with Gasteiger partial charge in [0.25, 0.3) is 0 Å². The number of thioether (sulfide) groups is 1. The average Bonchev–Trinajstić information content (AvgIpc) is 3.19. The van der Waals surface area contributed by atoms with Crippen LogP contribution < -0.4 is 5.32 Å². The van der Waals surface area contributed by atoms with Gasteiger partial charge in [-0.05, 0) is 31.9 Å². The number of hydrogen-bond donors (Lipinski definition) is 1. The molecule has 4 rings (SSSR count). The summed E-state index contributed by atoms with van der Waals surface area (Å²) in [5.41, 5.74) is 4.55. The number of carbonyl (C=O) groups is 1. The van der Waals surface area contributed by atoms with Crippen molar-refractivity contribution in [2.45, 2.75) is 50.5 Å². The molecule has 4 nitrogen and oxygen atoms in total. The van der Waals surface area contributed by atoms with Gasteiger partial charge in [-0.25, -0.2) is 4.68 Å². The van der Waals surface area contributed by atoms with Crippen LogP contribution in [0.4, 0.5) is 5.82 Å². The van der Waals surface area contributed by atoms with Gasteiger partial charge in [0, 0.05) is 23.0 Å². The minimum atomic E-state index is 0.157. The molecule has 2 aromatic rings. The fourth-order valence-electron chi connectivity index (χ4n) is 3.60. The molecule has 1 amide bonds. The quantitative estimate of drug-likeness (QED) is 0.897. The molecule has 5 heteroatoms. The Morgan fingerprint density at radius 2 is 1.92 bits per heavy atom. The first kappa shape index (κ1) is 15.8. The third-order valence-electron chi connectivity index (χ3n) is 5.05. The van der Waals surface area contributed by atoms with Gasteiger partial charge in [-0.15, -0.1) is 0 Å². The lowest BCUT2D eigenvalue weighted by molar-refractivity contribution is -0.120. The second-order valence-electron chi connectivity index (χ2n) is 6.84. The first-order valence-electron chi connectivity index (χ1n) is 8.79. The first-order valence-corrected chi connectivity index (χ1v) is 9.94. The van der Waals surface area contributed by atoms with Gasteiger partial charge in [0.2, 0.25) is 5.91 Å². The number of hydrogen-bond acceptors (Lipinski definition) is 3. The van der Waals surface area contributed by atoms with E-state index >= 15 is 0 Å². The normalized spacial score (nSPS) is 17.7. The molecular formula is C19H23N3OS. The van der Waals surface area contributed by atoms with Gasteiger partial charge >= 0.3 is 0 Å². The molecular weight excluding hydrogens is 318 g/mol. The van der Waals surface area contributed by atoms with E-state index in [0.717, 1.165) is 41.5 Å². The molecule has 1 fully saturated rings. The van der Waals surface area contributed by atoms with Crippen LogP contribution in [0.25, 0.3) is 5.69 Å². The SMILES string of the molecule is Cc1ccc(-n2nc3c(c2NC(=O)C2CCCCC2)CSC3)cc1. The highest BCUT2D eigenvalue weighted by molar-refractivity contribution is 7.98. The number of amides is 1. The molecule has 0 atom stereocenters. The van der Waals surface area contributed by atoms with E-state index in [4.69, 9.17) is 5.10 Å². The lowest BCUT2D eigenvalue weighted by atomic mass is 9.88. The number of aromatic nitrogens is 2. The predicted octanol–water partition coefficient (Wildman–Crippen LogP) is 4.45. The average molecular weight is 341 g/mol. The summed E-state index contributed by atoms with van der Waals surface area (Å²) in [5.74, 6) is 3.07. The Hall–Kier alpha value is -1.75. The van der Waals surface area contributed by atoms with E-state index in [9.17, 15) is 4.79 Å². The van der Waals surface area contributed by atoms with Gasteiger partial charge in [0.15, 0.2) is 0 Å². The maximum Gasteiger partial charge on any atom is 0.228 e. The highest BCUT2D eigenvalue weighted by Gasteiger charge is 2.27. The van der Waals surface area contributed by atoms with Gasteiger partial charge in [-0.1, -0.05) is 37.0 Å². The monoisotopic (exact) mass is 341 g/mol. The summed E-state index contributed by atoms with van der Waals surface area (Å²) in [7, 11) is 0. The van der Waals surface area contributed by atoms with E-state index in [1.54, 1.807) is 0 Å². The largest absolute Gasteiger partial charge is 0.310 e. The van der Waals surface area contributed by atoms with Crippen LogP contribution >= 0.6 is 11.8 Å². The maximum atomic E-state index is 12.7. The van der Waals surface area contributed by atoms with E-state index in [1.807, 2.05) is 16.4 Å². The summed E-state index contributed by atoms with van der Waals surface area (Å²) >= 11 is 1.87. The number of fused-ring (bicyclic) bond motifs is 1. The fraction of sp³-hybridized carbons (Fsp3) is 0.474.